The van der Waals surface area contributed by atoms with Gasteiger partial charge in [0.1, 0.15) is 6.04 Å². The number of carboxylic acid groups (broad SMARTS) is 1. The zero-order chi connectivity index (χ0) is 16.0. The number of carbonyl (C=O) groups is 3. The van der Waals surface area contributed by atoms with E-state index >= 15 is 0 Å². The number of hydrogen-bond acceptors (Lipinski definition) is 3. The van der Waals surface area contributed by atoms with Crippen LogP contribution in [-0.4, -0.2) is 65.0 Å². The van der Waals surface area contributed by atoms with Crippen LogP contribution < -0.4 is 5.32 Å². The topological polar surface area (TPSA) is 90.0 Å². The Balaban J connectivity index is 2.44. The van der Waals surface area contributed by atoms with Crippen LogP contribution in [0.2, 0.25) is 0 Å². The lowest BCUT2D eigenvalue weighted by molar-refractivity contribution is -0.142. The molecule has 1 fully saturated rings. The van der Waals surface area contributed by atoms with Crippen molar-refractivity contribution in [3.8, 4) is 0 Å². The van der Waals surface area contributed by atoms with Gasteiger partial charge in [0.05, 0.1) is 0 Å². The highest BCUT2D eigenvalue weighted by Gasteiger charge is 2.39. The van der Waals surface area contributed by atoms with Crippen LogP contribution in [0.3, 0.4) is 0 Å². The molecule has 2 N–H and O–H groups in total. The molecule has 120 valence electrons. The van der Waals surface area contributed by atoms with Crippen molar-refractivity contribution in [1.29, 1.82) is 0 Å². The molecule has 7 heteroatoms. The number of aliphatic carboxylic acids is 1. The number of hydrogen-bond donors (Lipinski definition) is 2. The number of carboxylic acids is 1. The first-order valence-corrected chi connectivity index (χ1v) is 7.47. The summed E-state index contributed by atoms with van der Waals surface area (Å²) in [7, 11) is 0. The fourth-order valence-electron chi connectivity index (χ4n) is 2.66. The van der Waals surface area contributed by atoms with Crippen molar-refractivity contribution in [1.82, 2.24) is 15.1 Å². The maximum atomic E-state index is 12.0. The summed E-state index contributed by atoms with van der Waals surface area (Å²) >= 11 is 0. The highest BCUT2D eigenvalue weighted by Crippen LogP contribution is 2.23. The van der Waals surface area contributed by atoms with E-state index in [1.165, 1.54) is 4.90 Å². The van der Waals surface area contributed by atoms with E-state index in [0.29, 0.717) is 26.1 Å². The Morgan fingerprint density at radius 1 is 1.29 bits per heavy atom. The van der Waals surface area contributed by atoms with E-state index in [-0.39, 0.29) is 24.8 Å². The summed E-state index contributed by atoms with van der Waals surface area (Å²) < 4.78 is 0. The lowest BCUT2D eigenvalue weighted by Crippen LogP contribution is -2.48. The number of likely N-dealkylation sites (tertiary alicyclic amines) is 1. The Bertz CT molecular complexity index is 396. The third kappa shape index (κ3) is 4.34. The van der Waals surface area contributed by atoms with E-state index in [4.69, 9.17) is 0 Å². The van der Waals surface area contributed by atoms with Crippen molar-refractivity contribution in [2.24, 2.45) is 5.92 Å². The third-order valence-electron chi connectivity index (χ3n) is 3.95. The SMILES string of the molecule is CCN(CC)C(=O)CCNC(=O)N1CCC(C)C1C(=O)O. The maximum absolute atomic E-state index is 12.0. The zero-order valence-electron chi connectivity index (χ0n) is 13.0. The first-order chi connectivity index (χ1) is 9.92. The Morgan fingerprint density at radius 2 is 1.90 bits per heavy atom. The van der Waals surface area contributed by atoms with E-state index < -0.39 is 18.0 Å². The largest absolute Gasteiger partial charge is 0.480 e. The van der Waals surface area contributed by atoms with Gasteiger partial charge in [-0.05, 0) is 26.2 Å². The van der Waals surface area contributed by atoms with Gasteiger partial charge in [-0.2, -0.15) is 0 Å². The molecule has 0 aromatic heterocycles. The lowest BCUT2D eigenvalue weighted by atomic mass is 10.0. The van der Waals surface area contributed by atoms with E-state index in [9.17, 15) is 19.5 Å². The lowest BCUT2D eigenvalue weighted by Gasteiger charge is -2.24. The van der Waals surface area contributed by atoms with Crippen LogP contribution in [0.1, 0.15) is 33.6 Å². The van der Waals surface area contributed by atoms with E-state index in [1.54, 1.807) is 4.90 Å². The number of urea groups is 1. The predicted molar refractivity (Wildman–Crippen MR) is 77.9 cm³/mol. The van der Waals surface area contributed by atoms with Crippen molar-refractivity contribution >= 4 is 17.9 Å². The van der Waals surface area contributed by atoms with Gasteiger partial charge < -0.3 is 20.2 Å². The maximum Gasteiger partial charge on any atom is 0.326 e. The highest BCUT2D eigenvalue weighted by atomic mass is 16.4. The second kappa shape index (κ2) is 7.85. The van der Waals surface area contributed by atoms with Gasteiger partial charge in [-0.3, -0.25) is 4.79 Å². The zero-order valence-corrected chi connectivity index (χ0v) is 13.0. The molecule has 0 spiro atoms. The summed E-state index contributed by atoms with van der Waals surface area (Å²) in [5.74, 6) is -1.04. The molecule has 1 aliphatic rings. The summed E-state index contributed by atoms with van der Waals surface area (Å²) in [5, 5.41) is 11.8. The molecule has 0 saturated carbocycles. The number of nitrogens with one attached hydrogen (secondary N) is 1. The predicted octanol–water partition coefficient (Wildman–Crippen LogP) is 0.750. The minimum Gasteiger partial charge on any atom is -0.480 e. The second-order valence-electron chi connectivity index (χ2n) is 5.29. The van der Waals surface area contributed by atoms with Crippen molar-refractivity contribution in [2.45, 2.75) is 39.7 Å². The fraction of sp³-hybridized carbons (Fsp3) is 0.786. The van der Waals surface area contributed by atoms with Gasteiger partial charge in [-0.25, -0.2) is 9.59 Å². The smallest absolute Gasteiger partial charge is 0.326 e. The summed E-state index contributed by atoms with van der Waals surface area (Å²) in [6.45, 7) is 7.60. The molecule has 7 nitrogen and oxygen atoms in total. The van der Waals surface area contributed by atoms with Gasteiger partial charge in [0.2, 0.25) is 5.91 Å². The average molecular weight is 299 g/mol. The summed E-state index contributed by atoms with van der Waals surface area (Å²) in [4.78, 5) is 38.1. The van der Waals surface area contributed by atoms with Crippen LogP contribution in [0, 0.1) is 5.92 Å². The number of rotatable bonds is 6. The van der Waals surface area contributed by atoms with Crippen molar-refractivity contribution in [2.75, 3.05) is 26.2 Å². The van der Waals surface area contributed by atoms with Crippen LogP contribution in [-0.2, 0) is 9.59 Å². The van der Waals surface area contributed by atoms with E-state index in [2.05, 4.69) is 5.32 Å². The Hall–Kier alpha value is -1.79. The van der Waals surface area contributed by atoms with Gasteiger partial charge in [0.15, 0.2) is 0 Å². The van der Waals surface area contributed by atoms with Gasteiger partial charge in [0, 0.05) is 32.6 Å². The Kier molecular flexibility index (Phi) is 6.45. The summed E-state index contributed by atoms with van der Waals surface area (Å²) in [5.41, 5.74) is 0. The fourth-order valence-corrected chi connectivity index (χ4v) is 2.66. The first-order valence-electron chi connectivity index (χ1n) is 7.47. The Labute approximate surface area is 125 Å². The summed E-state index contributed by atoms with van der Waals surface area (Å²) in [6.07, 6.45) is 0.914. The third-order valence-corrected chi connectivity index (χ3v) is 3.95. The molecule has 0 aromatic rings. The molecule has 21 heavy (non-hydrogen) atoms. The molecule has 1 saturated heterocycles. The molecular formula is C14H25N3O4. The molecule has 1 heterocycles. The first kappa shape index (κ1) is 17.3. The summed E-state index contributed by atoms with van der Waals surface area (Å²) in [6, 6.07) is -1.18. The van der Waals surface area contributed by atoms with Gasteiger partial charge in [-0.15, -0.1) is 0 Å². The molecule has 0 aromatic carbocycles. The molecular weight excluding hydrogens is 274 g/mol. The van der Waals surface area contributed by atoms with Crippen molar-refractivity contribution in [3.63, 3.8) is 0 Å². The second-order valence-corrected chi connectivity index (χ2v) is 5.29. The number of carbonyl (C=O) groups excluding carboxylic acids is 2. The molecule has 1 rings (SSSR count). The normalized spacial score (nSPS) is 21.2. The van der Waals surface area contributed by atoms with Gasteiger partial charge in [0.25, 0.3) is 0 Å². The number of nitrogens with zero attached hydrogens (tertiary/aromatic N) is 2. The average Bonchev–Trinajstić information content (AvgIpc) is 2.82. The molecule has 2 unspecified atom stereocenters. The monoisotopic (exact) mass is 299 g/mol. The quantitative estimate of drug-likeness (QED) is 0.757. The molecule has 0 aliphatic carbocycles. The Morgan fingerprint density at radius 3 is 2.43 bits per heavy atom. The van der Waals surface area contributed by atoms with Crippen LogP contribution in [0.25, 0.3) is 0 Å². The molecule has 2 atom stereocenters. The van der Waals surface area contributed by atoms with E-state index in [1.807, 2.05) is 20.8 Å². The van der Waals surface area contributed by atoms with Crippen LogP contribution >= 0.6 is 0 Å². The minimum atomic E-state index is -0.977. The number of amides is 3. The molecule has 0 bridgehead atoms. The molecule has 1 aliphatic heterocycles. The van der Waals surface area contributed by atoms with E-state index in [0.717, 1.165) is 0 Å². The van der Waals surface area contributed by atoms with Crippen molar-refractivity contribution in [3.05, 3.63) is 0 Å². The van der Waals surface area contributed by atoms with Gasteiger partial charge in [-0.1, -0.05) is 6.92 Å². The minimum absolute atomic E-state index is 0.00938. The van der Waals surface area contributed by atoms with Crippen LogP contribution in [0.5, 0.6) is 0 Å². The van der Waals surface area contributed by atoms with Gasteiger partial charge >= 0.3 is 12.0 Å². The van der Waals surface area contributed by atoms with Crippen LogP contribution in [0.15, 0.2) is 0 Å². The molecule has 0 radical (unpaired) electrons. The van der Waals surface area contributed by atoms with Crippen LogP contribution in [0.4, 0.5) is 4.79 Å². The molecule has 3 amide bonds. The standard InChI is InChI=1S/C14H25N3O4/c1-4-16(5-2)11(18)6-8-15-14(21)17-9-7-10(3)12(17)13(19)20/h10,12H,4-9H2,1-3H3,(H,15,21)(H,19,20). The van der Waals surface area contributed by atoms with Crippen molar-refractivity contribution < 1.29 is 19.5 Å². The highest BCUT2D eigenvalue weighted by molar-refractivity contribution is 5.84.